The van der Waals surface area contributed by atoms with Gasteiger partial charge < -0.3 is 292 Å². The Bertz CT molecular complexity index is 3660. The number of aliphatic hydroxyl groups is 34. The number of hydrogen-bond donors (Lipinski definition) is 34. The van der Waals surface area contributed by atoms with Crippen LogP contribution in [-0.4, -0.2) is 638 Å². The summed E-state index contributed by atoms with van der Waals surface area (Å²) >= 11 is -2.94. The molecule has 0 amide bonds. The van der Waals surface area contributed by atoms with E-state index < -0.39 is 478 Å². The van der Waals surface area contributed by atoms with Crippen LogP contribution >= 0.6 is 0 Å². The second-order valence-corrected chi connectivity index (χ2v) is 36.2. The van der Waals surface area contributed by atoms with Crippen LogP contribution in [0.15, 0.2) is 0 Å². The Morgan fingerprint density at radius 2 is 0.299 bits per heavy atom. The second kappa shape index (κ2) is 47.9. The molecule has 0 aromatic rings. The molecule has 24 bridgehead atoms. The van der Waals surface area contributed by atoms with Gasteiger partial charge in [0.1, 0.15) is 293 Å². The molecule has 61 nitrogen and oxygen atoms in total. The minimum Gasteiger partial charge on any atom is -0.394 e. The second-order valence-electron chi connectivity index (χ2n) is 35.0. The van der Waals surface area contributed by atoms with Crippen molar-refractivity contribution in [1.82, 2.24) is 0 Å². The van der Waals surface area contributed by atoms with Crippen LogP contribution < -0.4 is 0 Å². The summed E-state index contributed by atoms with van der Waals surface area (Å²) in [5.41, 5.74) is 0. The van der Waals surface area contributed by atoms with Crippen molar-refractivity contribution in [3.8, 4) is 0 Å². The van der Waals surface area contributed by atoms with Gasteiger partial charge >= 0.3 is 0 Å². The van der Waals surface area contributed by atoms with E-state index in [0.717, 1.165) is 0 Å². The van der Waals surface area contributed by atoms with E-state index in [1.54, 1.807) is 0 Å². The monoisotopic (exact) mass is 2030 g/mol. The highest BCUT2D eigenvalue weighted by Gasteiger charge is 2.64. The normalized spacial score (nSPS) is 54.1. The molecule has 1 unspecified atom stereocenters. The van der Waals surface area contributed by atoms with Crippen LogP contribution in [-0.2, 0) is 134 Å². The van der Waals surface area contributed by atoms with Gasteiger partial charge in [0.25, 0.3) is 0 Å². The fraction of sp³-hybridized carbons (Fsp3) is 1.00. The fourth-order valence-electron chi connectivity index (χ4n) is 18.7. The van der Waals surface area contributed by atoms with Crippen LogP contribution in [0.3, 0.4) is 0 Å². The van der Waals surface area contributed by atoms with E-state index >= 15 is 0 Å². The highest BCUT2D eigenvalue weighted by Crippen LogP contribution is 2.44. The van der Waals surface area contributed by atoms with Gasteiger partial charge in [-0.1, -0.05) is 0 Å². The summed E-state index contributed by atoms with van der Waals surface area (Å²) in [4.78, 5) is 0. The zero-order valence-corrected chi connectivity index (χ0v) is 72.7. The van der Waals surface area contributed by atoms with Crippen molar-refractivity contribution in [2.45, 2.75) is 375 Å². The summed E-state index contributed by atoms with van der Waals surface area (Å²) in [6, 6.07) is 0. The third-order valence-electron chi connectivity index (χ3n) is 26.3. The molecule has 0 aliphatic carbocycles. The first-order chi connectivity index (χ1) is 65.4. The van der Waals surface area contributed by atoms with E-state index in [1.165, 1.54) is 0 Å². The predicted molar refractivity (Wildman–Crippen MR) is 412 cm³/mol. The summed E-state index contributed by atoms with van der Waals surface area (Å²) in [6.45, 7) is -15.0. The lowest BCUT2D eigenvalue weighted by Gasteiger charge is -2.51. The average molecular weight is 2030 g/mol. The maximum absolute atomic E-state index is 14.8. The fourth-order valence-corrected chi connectivity index (χ4v) is 19.6. The molecule has 44 heterocycles. The van der Waals surface area contributed by atoms with Crippen molar-refractivity contribution < 1.29 is 300 Å². The molecule has 0 saturated carbocycles. The minimum atomic E-state index is -2.94. The molecule has 44 saturated heterocycles. The van der Waals surface area contributed by atoms with Crippen LogP contribution in [0.5, 0.6) is 0 Å². The molecule has 34 N–H and O–H groups in total. The van der Waals surface area contributed by atoms with Crippen molar-refractivity contribution in [3.63, 3.8) is 0 Å². The maximum Gasteiger partial charge on any atom is 0.187 e. The maximum atomic E-state index is 14.8. The molecule has 0 aromatic heterocycles. The Labute approximate surface area is 775 Å². The van der Waals surface area contributed by atoms with Crippen LogP contribution in [0.2, 0.25) is 0 Å². The van der Waals surface area contributed by atoms with Crippen molar-refractivity contribution in [1.29, 1.82) is 0 Å². The molecule has 44 rings (SSSR count). The molecule has 44 fully saturated rings. The van der Waals surface area contributed by atoms with E-state index in [-0.39, 0.29) is 0 Å². The van der Waals surface area contributed by atoms with Gasteiger partial charge in [0.05, 0.1) is 85.0 Å². The molecule has 796 valence electrons. The SMILES string of the molecule is O=S(CCCO[C@@H]1[C@@H](O)[C@H]2O[C@H]3[C@H](O)[C@@H](O)[C@@H](O[C@H]4[C@H](O)[C@@H](O)[C@@H](O[C@H]5[C@H](O)[C@@H](O)[C@@H](O[C@H]6[C@H](O)[C@@H](O)[C@@H](O[C@H]7[C@H](O)[C@@H](O)[C@@H](O[C@H]1[C@@H](CO)O2)O[C@@H]7CO)O[C@@H]6CO)O[C@@H]5CO)O[C@@H]4CO)O[C@@H]3CO)O[C@@H]1[C@@H](O)[C@H]2O[C@H]3[C@H](O)[C@@H](O)[C@@H](O[C@H]4[C@H](O)[C@@H](O)[C@@H](O[C@H]5[C@H](O)[C@@H](O)[C@@H](O[C@H]6[C@H](O)[C@@H](O)[C@@H](O[C@H]7[C@H](O)[C@@H](O)[C@@H](O[C@H]1[C@@H](CO)O2)O[C@@H]7CO)O[C@@H]6CO)O[C@@H]5CO)O[C@@H]4CO)O[C@@H]3CO. The zero-order chi connectivity index (χ0) is 99.2. The molecular weight excluding hydrogens is 1910 g/mol. The van der Waals surface area contributed by atoms with Crippen LogP contribution in [0.25, 0.3) is 0 Å². The van der Waals surface area contributed by atoms with Gasteiger partial charge in [-0.2, -0.15) is 0 Å². The van der Waals surface area contributed by atoms with Crippen LogP contribution in [0.4, 0.5) is 0 Å². The van der Waals surface area contributed by atoms with E-state index in [9.17, 15) is 178 Å². The molecule has 62 heteroatoms. The summed E-state index contributed by atoms with van der Waals surface area (Å²) < 4.78 is 167. The Kier molecular flexibility index (Phi) is 38.6. The third kappa shape index (κ3) is 22.6. The molecular formula is C75H124O61S. The number of aliphatic hydroxyl groups excluding tert-OH is 34. The van der Waals surface area contributed by atoms with Crippen molar-refractivity contribution >= 4 is 11.1 Å². The molecule has 44 aliphatic heterocycles. The Hall–Kier alpha value is -2.25. The van der Waals surface area contributed by atoms with Gasteiger partial charge in [0.2, 0.25) is 0 Å². The van der Waals surface area contributed by atoms with E-state index in [4.69, 9.17) is 123 Å². The van der Waals surface area contributed by atoms with Crippen molar-refractivity contribution in [2.24, 2.45) is 0 Å². The molecule has 0 aromatic carbocycles. The van der Waals surface area contributed by atoms with Crippen LogP contribution in [0.1, 0.15) is 6.42 Å². The summed E-state index contributed by atoms with van der Waals surface area (Å²) in [5.74, 6) is -0.836. The molecule has 0 spiro atoms. The van der Waals surface area contributed by atoms with Gasteiger partial charge in [-0.15, -0.1) is 0 Å². The number of rotatable bonds is 19. The lowest BCUT2D eigenvalue weighted by atomic mass is 9.94. The standard InChI is InChI=1S/C75H124O61S/c76-4-16-50-28(88)38(98)64(112-16)126-52-18(6-78)116-68(42(102)32(52)92)130-56-22(10-82)120-72(46(106)36(56)96)134-60-26(14-86)122-74(132-58-24(12-84)118-70(44(104)34(58)94)128-54-20(8-80)114-66(124-50)40(100)30(54)90)48(108)62(60)111-2-1-3-137(110)136-63-49(109)75-123-27(15-87)61(63)135-73-47(107)37(97)57(23(11-83)121-73)131-69-43(103)33(93)53(19(7-79)117-69)127-65-39(99)29(89)51(17(5-77)113-65)125-67-41(101)31(91)55(21(9-81)115-67)129-71-45(105)35(95)59(133-75)25(13-85)119-71/h16-109H,1-15H2/t16-,17-,18-,19-,20-,21-,22-,23-,24-,25-,26-,27-,28-,29-,30-,31-,32-,33-,34-,35-,36-,37-,38-,39-,40-,41-,42-,43-,44-,45-,46-,47-,48-,49-,50-,51-,52-,53-,54-,55-,56-,57-,58-,59-,60+,61+,62-,63-,64-,65-,66-,67-,68-,69-,70-,71-,72-,73-,74-,75-,137?/m1/s1. The largest absolute Gasteiger partial charge is 0.394 e. The zero-order valence-electron chi connectivity index (χ0n) is 71.9. The highest BCUT2D eigenvalue weighted by atomic mass is 32.2. The molecule has 61 atom stereocenters. The summed E-state index contributed by atoms with van der Waals surface area (Å²) in [6.07, 6.45) is -131. The highest BCUT2D eigenvalue weighted by molar-refractivity contribution is 7.80. The van der Waals surface area contributed by atoms with Gasteiger partial charge in [0.15, 0.2) is 86.6 Å². The van der Waals surface area contributed by atoms with E-state index in [1.807, 2.05) is 0 Å². The predicted octanol–water partition coefficient (Wildman–Crippen LogP) is -25.0. The van der Waals surface area contributed by atoms with Gasteiger partial charge in [-0.25, -0.2) is 4.21 Å². The van der Waals surface area contributed by atoms with E-state index in [2.05, 4.69) is 0 Å². The minimum absolute atomic E-state index is 0.607. The lowest BCUT2D eigenvalue weighted by Crippen LogP contribution is -2.69. The lowest BCUT2D eigenvalue weighted by molar-refractivity contribution is -0.404. The first kappa shape index (κ1) is 110. The Balaban J connectivity index is 0.736. The third-order valence-corrected chi connectivity index (χ3v) is 27.3. The van der Waals surface area contributed by atoms with Gasteiger partial charge in [-0.05, 0) is 6.42 Å². The van der Waals surface area contributed by atoms with Crippen LogP contribution in [0, 0.1) is 0 Å². The molecule has 0 radical (unpaired) electrons. The van der Waals surface area contributed by atoms with Gasteiger partial charge in [-0.3, -0.25) is 4.18 Å². The number of hydrogen-bond acceptors (Lipinski definition) is 61. The Morgan fingerprint density at radius 3 is 0.460 bits per heavy atom. The van der Waals surface area contributed by atoms with Crippen molar-refractivity contribution in [2.75, 3.05) is 91.6 Å². The van der Waals surface area contributed by atoms with Crippen molar-refractivity contribution in [3.05, 3.63) is 0 Å². The Morgan fingerprint density at radius 1 is 0.168 bits per heavy atom. The first-order valence-corrected chi connectivity index (χ1v) is 45.3. The summed E-state index contributed by atoms with van der Waals surface area (Å²) in [7, 11) is 0. The molecule has 137 heavy (non-hydrogen) atoms. The summed E-state index contributed by atoms with van der Waals surface area (Å²) in [5, 5.41) is 388. The number of ether oxygens (including phenoxy) is 25. The quantitative estimate of drug-likeness (QED) is 0.0534. The van der Waals surface area contributed by atoms with Gasteiger partial charge in [0, 0.05) is 6.61 Å². The molecule has 44 aliphatic rings. The first-order valence-electron chi connectivity index (χ1n) is 44.1. The smallest absolute Gasteiger partial charge is 0.187 e. The van der Waals surface area contributed by atoms with E-state index in [0.29, 0.717) is 0 Å². The average Bonchev–Trinajstić information content (AvgIpc) is 0.746. The topological polar surface area (TPSA) is 945 Å².